The van der Waals surface area contributed by atoms with Gasteiger partial charge in [-0.15, -0.1) is 0 Å². The summed E-state index contributed by atoms with van der Waals surface area (Å²) in [5, 5.41) is 0. The highest BCUT2D eigenvalue weighted by molar-refractivity contribution is 5.77. The van der Waals surface area contributed by atoms with Gasteiger partial charge < -0.3 is 15.4 Å². The molecule has 1 amide bonds. The highest BCUT2D eigenvalue weighted by Crippen LogP contribution is 2.08. The van der Waals surface area contributed by atoms with Crippen molar-refractivity contribution in [2.75, 3.05) is 25.9 Å². The van der Waals surface area contributed by atoms with Gasteiger partial charge in [0.05, 0.1) is 13.0 Å². The molecule has 1 aromatic carbocycles. The van der Waals surface area contributed by atoms with E-state index in [0.29, 0.717) is 31.7 Å². The maximum Gasteiger partial charge on any atom is 0.307 e. The van der Waals surface area contributed by atoms with Gasteiger partial charge >= 0.3 is 5.97 Å². The number of hydrogen-bond donors (Lipinski definition) is 1. The molecule has 0 heterocycles. The number of nitrogens with zero attached hydrogens (tertiary/aromatic N) is 1. The van der Waals surface area contributed by atoms with Gasteiger partial charge in [-0.1, -0.05) is 12.1 Å². The molecule has 0 aliphatic rings. The molecule has 2 N–H and O–H groups in total. The number of aryl methyl sites for hydroxylation is 1. The third-order valence-corrected chi connectivity index (χ3v) is 2.99. The molecule has 1 aromatic rings. The average Bonchev–Trinajstić information content (AvgIpc) is 2.44. The molecule has 5 heteroatoms. The summed E-state index contributed by atoms with van der Waals surface area (Å²) in [6, 6.07) is 7.48. The minimum atomic E-state index is -0.273. The van der Waals surface area contributed by atoms with Crippen molar-refractivity contribution in [3.8, 4) is 0 Å². The van der Waals surface area contributed by atoms with Crippen LogP contribution < -0.4 is 5.73 Å². The van der Waals surface area contributed by atoms with Crippen molar-refractivity contribution in [3.63, 3.8) is 0 Å². The van der Waals surface area contributed by atoms with Crippen LogP contribution in [0.25, 0.3) is 0 Å². The van der Waals surface area contributed by atoms with Crippen LogP contribution >= 0.6 is 0 Å². The summed E-state index contributed by atoms with van der Waals surface area (Å²) in [6.45, 7) is 2.52. The zero-order chi connectivity index (χ0) is 15.0. The van der Waals surface area contributed by atoms with Crippen LogP contribution in [0.5, 0.6) is 0 Å². The smallest absolute Gasteiger partial charge is 0.307 e. The third-order valence-electron chi connectivity index (χ3n) is 2.99. The van der Waals surface area contributed by atoms with E-state index in [1.807, 2.05) is 24.3 Å². The Kier molecular flexibility index (Phi) is 6.56. The molecule has 0 spiro atoms. The summed E-state index contributed by atoms with van der Waals surface area (Å²) in [5.41, 5.74) is 7.39. The number of nitrogens with two attached hydrogens (primary N) is 1. The Morgan fingerprint density at radius 3 is 2.45 bits per heavy atom. The summed E-state index contributed by atoms with van der Waals surface area (Å²) < 4.78 is 4.82. The zero-order valence-electron chi connectivity index (χ0n) is 12.1. The molecule has 1 rings (SSSR count). The number of benzene rings is 1. The Balaban J connectivity index is 2.31. The Bertz CT molecular complexity index is 443. The van der Waals surface area contributed by atoms with Crippen LogP contribution in [0.4, 0.5) is 5.69 Å². The minimum absolute atomic E-state index is 0.0196. The molecule has 5 nitrogen and oxygen atoms in total. The Labute approximate surface area is 119 Å². The molecule has 0 saturated heterocycles. The van der Waals surface area contributed by atoms with Gasteiger partial charge in [0, 0.05) is 25.7 Å². The fourth-order valence-electron chi connectivity index (χ4n) is 1.74. The first-order chi connectivity index (χ1) is 9.52. The molecule has 0 aromatic heterocycles. The lowest BCUT2D eigenvalue weighted by Crippen LogP contribution is -2.29. The van der Waals surface area contributed by atoms with Crippen LogP contribution in [0.3, 0.4) is 0 Å². The standard InChI is InChI=1S/C15H22N2O3/c1-3-20-15(19)10-11-17(2)14(18)9-6-12-4-7-13(16)8-5-12/h4-5,7-8H,3,6,9-11,16H2,1-2H3. The van der Waals surface area contributed by atoms with E-state index in [1.165, 1.54) is 0 Å². The number of anilines is 1. The van der Waals surface area contributed by atoms with Crippen LogP contribution in [-0.2, 0) is 20.7 Å². The fraction of sp³-hybridized carbons (Fsp3) is 0.467. The van der Waals surface area contributed by atoms with E-state index >= 15 is 0 Å². The van der Waals surface area contributed by atoms with E-state index in [-0.39, 0.29) is 18.3 Å². The molecule has 0 fully saturated rings. The Hall–Kier alpha value is -2.04. The summed E-state index contributed by atoms with van der Waals surface area (Å²) >= 11 is 0. The van der Waals surface area contributed by atoms with Gasteiger partial charge in [-0.25, -0.2) is 0 Å². The normalized spacial score (nSPS) is 10.1. The Morgan fingerprint density at radius 2 is 1.85 bits per heavy atom. The molecule has 20 heavy (non-hydrogen) atoms. The first kappa shape index (κ1) is 16.0. The molecule has 0 aliphatic carbocycles. The molecule has 0 radical (unpaired) electrons. The van der Waals surface area contributed by atoms with Crippen molar-refractivity contribution in [2.45, 2.75) is 26.2 Å². The van der Waals surface area contributed by atoms with Gasteiger partial charge in [-0.05, 0) is 31.0 Å². The van der Waals surface area contributed by atoms with Gasteiger partial charge in [-0.3, -0.25) is 9.59 Å². The molecule has 0 aliphatic heterocycles. The minimum Gasteiger partial charge on any atom is -0.466 e. The Morgan fingerprint density at radius 1 is 1.20 bits per heavy atom. The number of carbonyl (C=O) groups is 2. The van der Waals surface area contributed by atoms with Crippen molar-refractivity contribution in [1.29, 1.82) is 0 Å². The SMILES string of the molecule is CCOC(=O)CCN(C)C(=O)CCc1ccc(N)cc1. The lowest BCUT2D eigenvalue weighted by Gasteiger charge is -2.16. The van der Waals surface area contributed by atoms with Crippen molar-refractivity contribution in [2.24, 2.45) is 0 Å². The third kappa shape index (κ3) is 5.73. The number of rotatable bonds is 7. The van der Waals surface area contributed by atoms with E-state index in [9.17, 15) is 9.59 Å². The predicted molar refractivity (Wildman–Crippen MR) is 78.1 cm³/mol. The van der Waals surface area contributed by atoms with Crippen molar-refractivity contribution in [3.05, 3.63) is 29.8 Å². The molecular formula is C15H22N2O3. The number of amides is 1. The second kappa shape index (κ2) is 8.19. The van der Waals surface area contributed by atoms with Gasteiger partial charge in [0.25, 0.3) is 0 Å². The second-order valence-corrected chi connectivity index (χ2v) is 4.61. The lowest BCUT2D eigenvalue weighted by atomic mass is 10.1. The van der Waals surface area contributed by atoms with Gasteiger partial charge in [0.1, 0.15) is 0 Å². The average molecular weight is 278 g/mol. The van der Waals surface area contributed by atoms with E-state index in [4.69, 9.17) is 10.5 Å². The maximum absolute atomic E-state index is 11.9. The highest BCUT2D eigenvalue weighted by Gasteiger charge is 2.11. The number of ether oxygens (including phenoxy) is 1. The van der Waals surface area contributed by atoms with Crippen LogP contribution in [-0.4, -0.2) is 37.0 Å². The molecule has 110 valence electrons. The monoisotopic (exact) mass is 278 g/mol. The van der Waals surface area contributed by atoms with E-state index in [0.717, 1.165) is 5.56 Å². The second-order valence-electron chi connectivity index (χ2n) is 4.61. The number of hydrogen-bond acceptors (Lipinski definition) is 4. The van der Waals surface area contributed by atoms with E-state index in [2.05, 4.69) is 0 Å². The highest BCUT2D eigenvalue weighted by atomic mass is 16.5. The largest absolute Gasteiger partial charge is 0.466 e. The van der Waals surface area contributed by atoms with E-state index < -0.39 is 0 Å². The zero-order valence-corrected chi connectivity index (χ0v) is 12.1. The number of nitrogen functional groups attached to an aromatic ring is 1. The lowest BCUT2D eigenvalue weighted by molar-refractivity contribution is -0.143. The van der Waals surface area contributed by atoms with Crippen LogP contribution in [0.15, 0.2) is 24.3 Å². The van der Waals surface area contributed by atoms with E-state index in [1.54, 1.807) is 18.9 Å². The van der Waals surface area contributed by atoms with Crippen LogP contribution in [0.1, 0.15) is 25.3 Å². The number of esters is 1. The summed E-state index contributed by atoms with van der Waals surface area (Å²) in [4.78, 5) is 24.7. The molecule has 0 unspecified atom stereocenters. The molecule has 0 atom stereocenters. The number of carbonyl (C=O) groups excluding carboxylic acids is 2. The maximum atomic E-state index is 11.9. The van der Waals surface area contributed by atoms with Gasteiger partial charge in [-0.2, -0.15) is 0 Å². The van der Waals surface area contributed by atoms with Crippen molar-refractivity contribution < 1.29 is 14.3 Å². The fourth-order valence-corrected chi connectivity index (χ4v) is 1.74. The topological polar surface area (TPSA) is 72.6 Å². The first-order valence-corrected chi connectivity index (χ1v) is 6.77. The predicted octanol–water partition coefficient (Wildman–Crippen LogP) is 1.61. The quantitative estimate of drug-likeness (QED) is 0.607. The molecule has 0 saturated carbocycles. The summed E-state index contributed by atoms with van der Waals surface area (Å²) in [6.07, 6.45) is 1.32. The molecular weight excluding hydrogens is 256 g/mol. The molecule has 0 bridgehead atoms. The van der Waals surface area contributed by atoms with Crippen LogP contribution in [0.2, 0.25) is 0 Å². The van der Waals surface area contributed by atoms with Gasteiger partial charge in [0.15, 0.2) is 0 Å². The first-order valence-electron chi connectivity index (χ1n) is 6.77. The van der Waals surface area contributed by atoms with Gasteiger partial charge in [0.2, 0.25) is 5.91 Å². The van der Waals surface area contributed by atoms with Crippen molar-refractivity contribution >= 4 is 17.6 Å². The summed E-state index contributed by atoms with van der Waals surface area (Å²) in [5.74, 6) is -0.253. The summed E-state index contributed by atoms with van der Waals surface area (Å²) in [7, 11) is 1.70. The van der Waals surface area contributed by atoms with Crippen LogP contribution in [0, 0.1) is 0 Å². The van der Waals surface area contributed by atoms with Crippen molar-refractivity contribution in [1.82, 2.24) is 4.90 Å².